The molecule has 112 valence electrons. The van der Waals surface area contributed by atoms with Gasteiger partial charge in [-0.3, -0.25) is 9.59 Å². The molecule has 0 radical (unpaired) electrons. The van der Waals surface area contributed by atoms with Gasteiger partial charge < -0.3 is 15.4 Å². The average Bonchev–Trinajstić information content (AvgIpc) is 2.46. The van der Waals surface area contributed by atoms with Crippen LogP contribution in [0, 0.1) is 13.8 Å². The number of fused-ring (bicyclic) bond motifs is 1. The molecule has 0 atom stereocenters. The maximum atomic E-state index is 12.4. The number of carbonyl (C=O) groups is 2. The molecule has 0 spiro atoms. The van der Waals surface area contributed by atoms with Crippen molar-refractivity contribution in [1.82, 2.24) is 0 Å². The highest BCUT2D eigenvalue weighted by Crippen LogP contribution is 2.37. The average molecular weight is 296 g/mol. The SMILES string of the molecule is Cc1cc2c(c(NC(=O)c3ccccc3C)c1)OCC(=O)N2. The Morgan fingerprint density at radius 3 is 2.77 bits per heavy atom. The van der Waals surface area contributed by atoms with Crippen LogP contribution in [0.3, 0.4) is 0 Å². The van der Waals surface area contributed by atoms with Crippen molar-refractivity contribution in [1.29, 1.82) is 0 Å². The van der Waals surface area contributed by atoms with Gasteiger partial charge in [-0.05, 0) is 43.2 Å². The topological polar surface area (TPSA) is 67.4 Å². The number of hydrogen-bond donors (Lipinski definition) is 2. The van der Waals surface area contributed by atoms with Crippen molar-refractivity contribution in [3.8, 4) is 5.75 Å². The molecular weight excluding hydrogens is 280 g/mol. The zero-order chi connectivity index (χ0) is 15.7. The Hall–Kier alpha value is -2.82. The lowest BCUT2D eigenvalue weighted by atomic mass is 10.1. The second-order valence-electron chi connectivity index (χ2n) is 5.30. The molecule has 0 fully saturated rings. The van der Waals surface area contributed by atoms with E-state index in [0.717, 1.165) is 11.1 Å². The third kappa shape index (κ3) is 2.65. The van der Waals surface area contributed by atoms with Gasteiger partial charge in [0.05, 0.1) is 11.4 Å². The first-order valence-corrected chi connectivity index (χ1v) is 6.99. The first-order chi connectivity index (χ1) is 10.5. The first kappa shape index (κ1) is 14.1. The van der Waals surface area contributed by atoms with E-state index in [-0.39, 0.29) is 18.4 Å². The Morgan fingerprint density at radius 1 is 1.23 bits per heavy atom. The smallest absolute Gasteiger partial charge is 0.262 e. The molecular formula is C17H16N2O3. The van der Waals surface area contributed by atoms with Gasteiger partial charge in [-0.15, -0.1) is 0 Å². The molecule has 5 heteroatoms. The summed E-state index contributed by atoms with van der Waals surface area (Å²) < 4.78 is 5.46. The molecule has 22 heavy (non-hydrogen) atoms. The van der Waals surface area contributed by atoms with Crippen LogP contribution in [0.5, 0.6) is 5.75 Å². The fourth-order valence-corrected chi connectivity index (χ4v) is 2.46. The molecule has 0 saturated carbocycles. The quantitative estimate of drug-likeness (QED) is 0.895. The molecule has 0 saturated heterocycles. The van der Waals surface area contributed by atoms with E-state index in [0.29, 0.717) is 22.7 Å². The van der Waals surface area contributed by atoms with Crippen LogP contribution in [0.2, 0.25) is 0 Å². The van der Waals surface area contributed by atoms with Crippen molar-refractivity contribution in [2.75, 3.05) is 17.2 Å². The van der Waals surface area contributed by atoms with Gasteiger partial charge in [-0.2, -0.15) is 0 Å². The summed E-state index contributed by atoms with van der Waals surface area (Å²) in [6, 6.07) is 11.0. The maximum absolute atomic E-state index is 12.4. The third-order valence-electron chi connectivity index (χ3n) is 3.49. The third-order valence-corrected chi connectivity index (χ3v) is 3.49. The van der Waals surface area contributed by atoms with Crippen molar-refractivity contribution in [2.24, 2.45) is 0 Å². The number of benzene rings is 2. The van der Waals surface area contributed by atoms with E-state index >= 15 is 0 Å². The summed E-state index contributed by atoms with van der Waals surface area (Å²) in [6.07, 6.45) is 0. The van der Waals surface area contributed by atoms with Gasteiger partial charge in [0.2, 0.25) is 0 Å². The van der Waals surface area contributed by atoms with Crippen molar-refractivity contribution >= 4 is 23.2 Å². The van der Waals surface area contributed by atoms with Gasteiger partial charge in [0.15, 0.2) is 12.4 Å². The highest BCUT2D eigenvalue weighted by molar-refractivity contribution is 6.07. The molecule has 2 aromatic carbocycles. The summed E-state index contributed by atoms with van der Waals surface area (Å²) in [5, 5.41) is 5.62. The van der Waals surface area contributed by atoms with Crippen LogP contribution >= 0.6 is 0 Å². The summed E-state index contributed by atoms with van der Waals surface area (Å²) in [4.78, 5) is 23.9. The van der Waals surface area contributed by atoms with Crippen LogP contribution in [0.15, 0.2) is 36.4 Å². The molecule has 0 aliphatic carbocycles. The fourth-order valence-electron chi connectivity index (χ4n) is 2.46. The normalized spacial score (nSPS) is 12.9. The number of carbonyl (C=O) groups excluding carboxylic acids is 2. The molecule has 1 aliphatic heterocycles. The lowest BCUT2D eigenvalue weighted by Crippen LogP contribution is -2.26. The number of rotatable bonds is 2. The monoisotopic (exact) mass is 296 g/mol. The molecule has 2 aromatic rings. The predicted molar refractivity (Wildman–Crippen MR) is 84.4 cm³/mol. The second kappa shape index (κ2) is 5.52. The molecule has 1 heterocycles. The standard InChI is InChI=1S/C17H16N2O3/c1-10-7-13-16(22-9-15(20)18-13)14(8-10)19-17(21)12-6-4-3-5-11(12)2/h3-8H,9H2,1-2H3,(H,18,20)(H,19,21). The zero-order valence-corrected chi connectivity index (χ0v) is 12.4. The van der Waals surface area contributed by atoms with E-state index in [4.69, 9.17) is 4.74 Å². The van der Waals surface area contributed by atoms with Crippen LogP contribution in [0.1, 0.15) is 21.5 Å². The Morgan fingerprint density at radius 2 is 2.00 bits per heavy atom. The van der Waals surface area contributed by atoms with Gasteiger partial charge >= 0.3 is 0 Å². The number of aryl methyl sites for hydroxylation is 2. The van der Waals surface area contributed by atoms with Crippen LogP contribution in [-0.4, -0.2) is 18.4 Å². The van der Waals surface area contributed by atoms with Crippen molar-refractivity contribution in [2.45, 2.75) is 13.8 Å². The predicted octanol–water partition coefficient (Wildman–Crippen LogP) is 2.89. The number of amides is 2. The molecule has 2 N–H and O–H groups in total. The Labute approximate surface area is 128 Å². The van der Waals surface area contributed by atoms with Crippen LogP contribution < -0.4 is 15.4 Å². The van der Waals surface area contributed by atoms with Crippen molar-refractivity contribution in [3.05, 3.63) is 53.1 Å². The Bertz CT molecular complexity index is 768. The van der Waals surface area contributed by atoms with E-state index in [1.165, 1.54) is 0 Å². The van der Waals surface area contributed by atoms with Gasteiger partial charge in [0, 0.05) is 5.56 Å². The lowest BCUT2D eigenvalue weighted by molar-refractivity contribution is -0.118. The number of ether oxygens (including phenoxy) is 1. The van der Waals surface area contributed by atoms with E-state index < -0.39 is 0 Å². The second-order valence-corrected chi connectivity index (χ2v) is 5.30. The van der Waals surface area contributed by atoms with E-state index in [2.05, 4.69) is 10.6 Å². The number of hydrogen-bond acceptors (Lipinski definition) is 3. The molecule has 3 rings (SSSR count). The molecule has 2 amide bonds. The maximum Gasteiger partial charge on any atom is 0.262 e. The highest BCUT2D eigenvalue weighted by atomic mass is 16.5. The minimum Gasteiger partial charge on any atom is -0.479 e. The first-order valence-electron chi connectivity index (χ1n) is 6.99. The summed E-state index contributed by atoms with van der Waals surface area (Å²) >= 11 is 0. The zero-order valence-electron chi connectivity index (χ0n) is 12.4. The summed E-state index contributed by atoms with van der Waals surface area (Å²) in [6.45, 7) is 3.73. The van der Waals surface area contributed by atoms with E-state index in [9.17, 15) is 9.59 Å². The van der Waals surface area contributed by atoms with Crippen LogP contribution in [0.25, 0.3) is 0 Å². The fraction of sp³-hybridized carbons (Fsp3) is 0.176. The largest absolute Gasteiger partial charge is 0.479 e. The molecule has 0 bridgehead atoms. The Balaban J connectivity index is 1.94. The number of anilines is 2. The molecule has 0 aromatic heterocycles. The molecule has 5 nitrogen and oxygen atoms in total. The summed E-state index contributed by atoms with van der Waals surface area (Å²) in [7, 11) is 0. The van der Waals surface area contributed by atoms with Gasteiger partial charge in [0.25, 0.3) is 11.8 Å². The molecule has 1 aliphatic rings. The number of nitrogens with one attached hydrogen (secondary N) is 2. The van der Waals surface area contributed by atoms with Gasteiger partial charge in [0.1, 0.15) is 0 Å². The van der Waals surface area contributed by atoms with Gasteiger partial charge in [-0.1, -0.05) is 18.2 Å². The van der Waals surface area contributed by atoms with E-state index in [1.807, 2.05) is 44.2 Å². The van der Waals surface area contributed by atoms with Crippen molar-refractivity contribution in [3.63, 3.8) is 0 Å². The lowest BCUT2D eigenvalue weighted by Gasteiger charge is -2.22. The molecule has 0 unspecified atom stereocenters. The minimum atomic E-state index is -0.202. The van der Waals surface area contributed by atoms with Crippen LogP contribution in [0.4, 0.5) is 11.4 Å². The van der Waals surface area contributed by atoms with E-state index in [1.54, 1.807) is 6.07 Å². The van der Waals surface area contributed by atoms with Crippen LogP contribution in [-0.2, 0) is 4.79 Å². The van der Waals surface area contributed by atoms with Crippen molar-refractivity contribution < 1.29 is 14.3 Å². The van der Waals surface area contributed by atoms with Gasteiger partial charge in [-0.25, -0.2) is 0 Å². The Kier molecular flexibility index (Phi) is 3.55. The minimum absolute atomic E-state index is 0.0523. The highest BCUT2D eigenvalue weighted by Gasteiger charge is 2.21. The summed E-state index contributed by atoms with van der Waals surface area (Å²) in [5.41, 5.74) is 3.57. The summed E-state index contributed by atoms with van der Waals surface area (Å²) in [5.74, 6) is 0.0906.